The first-order valence-electron chi connectivity index (χ1n) is 7.64. The molecule has 1 aliphatic rings. The highest BCUT2D eigenvalue weighted by Gasteiger charge is 2.56. The predicted octanol–water partition coefficient (Wildman–Crippen LogP) is 3.81. The molecule has 0 bridgehead atoms. The quantitative estimate of drug-likeness (QED) is 0.742. The monoisotopic (exact) mass is 314 g/mol. The fourth-order valence-corrected chi connectivity index (χ4v) is 3.01. The molecule has 0 aliphatic heterocycles. The van der Waals surface area contributed by atoms with Crippen LogP contribution in [0.2, 0.25) is 0 Å². The minimum atomic E-state index is -0.649. The third-order valence-corrected chi connectivity index (χ3v) is 4.31. The van der Waals surface area contributed by atoms with Crippen LogP contribution in [0.15, 0.2) is 18.2 Å². The summed E-state index contributed by atoms with van der Waals surface area (Å²) in [5, 5.41) is 10.6. The smallest absolute Gasteiger partial charge is 0.147 e. The topological polar surface area (TPSA) is 38.7 Å². The summed E-state index contributed by atoms with van der Waals surface area (Å²) in [6.07, 6.45) is 0.911. The summed E-state index contributed by atoms with van der Waals surface area (Å²) in [6, 6.07) is 3.46. The molecular formula is C17H24F2O3. The van der Waals surface area contributed by atoms with Gasteiger partial charge in [0.15, 0.2) is 0 Å². The first-order valence-corrected chi connectivity index (χ1v) is 7.64. The van der Waals surface area contributed by atoms with Crippen molar-refractivity contribution in [2.45, 2.75) is 45.3 Å². The molecule has 0 amide bonds. The number of hydrogen-bond acceptors (Lipinski definition) is 3. The van der Waals surface area contributed by atoms with Crippen LogP contribution in [0, 0.1) is 23.0 Å². The SMILES string of the molecule is COCOC(c1ccc(F)cc1F)C1(C(O)CC(C)C)CC1. The van der Waals surface area contributed by atoms with Crippen molar-refractivity contribution in [1.29, 1.82) is 0 Å². The maximum absolute atomic E-state index is 14.2. The lowest BCUT2D eigenvalue weighted by atomic mass is 9.83. The zero-order chi connectivity index (χ0) is 16.3. The van der Waals surface area contributed by atoms with Gasteiger partial charge in [0.25, 0.3) is 0 Å². The molecule has 0 aromatic heterocycles. The van der Waals surface area contributed by atoms with Crippen molar-refractivity contribution in [3.05, 3.63) is 35.4 Å². The number of ether oxygens (including phenoxy) is 2. The Kier molecular flexibility index (Phi) is 5.53. The minimum Gasteiger partial charge on any atom is -0.392 e. The van der Waals surface area contributed by atoms with Gasteiger partial charge in [0.05, 0.1) is 12.2 Å². The van der Waals surface area contributed by atoms with Crippen LogP contribution in [0.25, 0.3) is 0 Å². The number of halogens is 2. The van der Waals surface area contributed by atoms with Gasteiger partial charge in [-0.25, -0.2) is 8.78 Å². The van der Waals surface area contributed by atoms with Crippen LogP contribution in [-0.4, -0.2) is 25.1 Å². The van der Waals surface area contributed by atoms with E-state index in [1.54, 1.807) is 0 Å². The van der Waals surface area contributed by atoms with Crippen molar-refractivity contribution in [1.82, 2.24) is 0 Å². The van der Waals surface area contributed by atoms with Gasteiger partial charge >= 0.3 is 0 Å². The molecule has 5 heteroatoms. The Hall–Kier alpha value is -1.04. The number of rotatable bonds is 8. The van der Waals surface area contributed by atoms with E-state index in [4.69, 9.17) is 9.47 Å². The lowest BCUT2D eigenvalue weighted by Crippen LogP contribution is -2.32. The third kappa shape index (κ3) is 3.65. The largest absolute Gasteiger partial charge is 0.392 e. The summed E-state index contributed by atoms with van der Waals surface area (Å²) in [5.74, 6) is -0.947. The molecule has 2 atom stereocenters. The van der Waals surface area contributed by atoms with Gasteiger partial charge in [-0.15, -0.1) is 0 Å². The van der Waals surface area contributed by atoms with E-state index in [0.717, 1.165) is 18.9 Å². The van der Waals surface area contributed by atoms with E-state index in [1.807, 2.05) is 13.8 Å². The second-order valence-electron chi connectivity index (χ2n) is 6.50. The molecule has 0 saturated heterocycles. The molecule has 2 rings (SSSR count). The number of aliphatic hydroxyl groups excluding tert-OH is 1. The first kappa shape index (κ1) is 17.3. The molecule has 2 unspecified atom stereocenters. The second kappa shape index (κ2) is 7.02. The standard InChI is InChI=1S/C17H24F2O3/c1-11(2)8-15(20)17(6-7-17)16(22-10-21-3)13-5-4-12(18)9-14(13)19/h4-5,9,11,15-16,20H,6-8,10H2,1-3H3. The van der Waals surface area contributed by atoms with E-state index in [2.05, 4.69) is 0 Å². The van der Waals surface area contributed by atoms with Crippen molar-refractivity contribution in [3.8, 4) is 0 Å². The van der Waals surface area contributed by atoms with Crippen molar-refractivity contribution in [2.24, 2.45) is 11.3 Å². The zero-order valence-corrected chi connectivity index (χ0v) is 13.3. The molecule has 1 aromatic carbocycles. The van der Waals surface area contributed by atoms with Crippen LogP contribution < -0.4 is 0 Å². The summed E-state index contributed by atoms with van der Waals surface area (Å²) in [5.41, 5.74) is -0.236. The van der Waals surface area contributed by atoms with E-state index in [1.165, 1.54) is 19.2 Å². The van der Waals surface area contributed by atoms with Gasteiger partial charge in [-0.3, -0.25) is 0 Å². The Labute approximate surface area is 130 Å². The average Bonchev–Trinajstić information content (AvgIpc) is 3.22. The number of benzene rings is 1. The molecular weight excluding hydrogens is 290 g/mol. The van der Waals surface area contributed by atoms with Crippen LogP contribution in [0.3, 0.4) is 0 Å². The van der Waals surface area contributed by atoms with Gasteiger partial charge in [0.1, 0.15) is 18.4 Å². The summed E-state index contributed by atoms with van der Waals surface area (Å²) in [6.45, 7) is 4.06. The van der Waals surface area contributed by atoms with Crippen LogP contribution in [0.4, 0.5) is 8.78 Å². The molecule has 3 nitrogen and oxygen atoms in total. The third-order valence-electron chi connectivity index (χ3n) is 4.31. The number of methoxy groups -OCH3 is 1. The van der Waals surface area contributed by atoms with Gasteiger partial charge in [-0.05, 0) is 31.2 Å². The van der Waals surface area contributed by atoms with Crippen molar-refractivity contribution in [3.63, 3.8) is 0 Å². The summed E-state index contributed by atoms with van der Waals surface area (Å²) >= 11 is 0. The summed E-state index contributed by atoms with van der Waals surface area (Å²) in [7, 11) is 1.49. The van der Waals surface area contributed by atoms with E-state index in [0.29, 0.717) is 12.3 Å². The Morgan fingerprint density at radius 1 is 1.27 bits per heavy atom. The number of aliphatic hydroxyl groups is 1. The first-order chi connectivity index (χ1) is 10.4. The Bertz CT molecular complexity index is 501. The fourth-order valence-electron chi connectivity index (χ4n) is 3.01. The lowest BCUT2D eigenvalue weighted by molar-refractivity contribution is -0.124. The minimum absolute atomic E-state index is 0.00235. The van der Waals surface area contributed by atoms with Crippen molar-refractivity contribution < 1.29 is 23.4 Å². The highest BCUT2D eigenvalue weighted by atomic mass is 19.1. The normalized spacial score (nSPS) is 19.2. The molecule has 1 fully saturated rings. The highest BCUT2D eigenvalue weighted by Crippen LogP contribution is 2.60. The predicted molar refractivity (Wildman–Crippen MR) is 79.2 cm³/mol. The van der Waals surface area contributed by atoms with E-state index < -0.39 is 29.3 Å². The maximum atomic E-state index is 14.2. The molecule has 124 valence electrons. The van der Waals surface area contributed by atoms with Crippen LogP contribution in [0.1, 0.15) is 44.8 Å². The Morgan fingerprint density at radius 2 is 1.95 bits per heavy atom. The molecule has 1 aliphatic carbocycles. The van der Waals surface area contributed by atoms with E-state index in [-0.39, 0.29) is 12.4 Å². The molecule has 1 saturated carbocycles. The van der Waals surface area contributed by atoms with Gasteiger partial charge < -0.3 is 14.6 Å². The van der Waals surface area contributed by atoms with E-state index >= 15 is 0 Å². The highest BCUT2D eigenvalue weighted by molar-refractivity contribution is 5.26. The molecule has 0 heterocycles. The maximum Gasteiger partial charge on any atom is 0.147 e. The van der Waals surface area contributed by atoms with E-state index in [9.17, 15) is 13.9 Å². The lowest BCUT2D eigenvalue weighted by Gasteiger charge is -2.32. The van der Waals surface area contributed by atoms with Crippen LogP contribution >= 0.6 is 0 Å². The van der Waals surface area contributed by atoms with Gasteiger partial charge in [-0.2, -0.15) is 0 Å². The van der Waals surface area contributed by atoms with Gasteiger partial charge in [-0.1, -0.05) is 19.9 Å². The molecule has 22 heavy (non-hydrogen) atoms. The Balaban J connectivity index is 2.29. The molecule has 1 N–H and O–H groups in total. The number of hydrogen-bond donors (Lipinski definition) is 1. The Morgan fingerprint density at radius 3 is 2.45 bits per heavy atom. The average molecular weight is 314 g/mol. The molecule has 0 spiro atoms. The van der Waals surface area contributed by atoms with Crippen LogP contribution in [0.5, 0.6) is 0 Å². The zero-order valence-electron chi connectivity index (χ0n) is 13.3. The van der Waals surface area contributed by atoms with Gasteiger partial charge in [0, 0.05) is 24.2 Å². The molecule has 1 aromatic rings. The fraction of sp³-hybridized carbons (Fsp3) is 0.647. The molecule has 0 radical (unpaired) electrons. The summed E-state index contributed by atoms with van der Waals surface area (Å²) < 4.78 is 37.9. The van der Waals surface area contributed by atoms with Gasteiger partial charge in [0.2, 0.25) is 0 Å². The van der Waals surface area contributed by atoms with Crippen molar-refractivity contribution in [2.75, 3.05) is 13.9 Å². The van der Waals surface area contributed by atoms with Crippen molar-refractivity contribution >= 4 is 0 Å². The summed E-state index contributed by atoms with van der Waals surface area (Å²) in [4.78, 5) is 0. The second-order valence-corrected chi connectivity index (χ2v) is 6.50. The van der Waals surface area contributed by atoms with Crippen LogP contribution in [-0.2, 0) is 9.47 Å².